The lowest BCUT2D eigenvalue weighted by Gasteiger charge is -2.32. The minimum atomic E-state index is 1.08. The summed E-state index contributed by atoms with van der Waals surface area (Å²) in [5, 5.41) is 3.46. The summed E-state index contributed by atoms with van der Waals surface area (Å²) >= 11 is 0. The van der Waals surface area contributed by atoms with Gasteiger partial charge in [-0.1, -0.05) is 25.5 Å². The number of piperazine rings is 1. The first-order chi connectivity index (χ1) is 9.28. The van der Waals surface area contributed by atoms with Crippen molar-refractivity contribution >= 4 is 5.69 Å². The van der Waals surface area contributed by atoms with Gasteiger partial charge in [-0.25, -0.2) is 0 Å². The van der Waals surface area contributed by atoms with Crippen molar-refractivity contribution < 1.29 is 0 Å². The molecule has 1 aromatic carbocycles. The van der Waals surface area contributed by atoms with E-state index in [1.54, 1.807) is 0 Å². The van der Waals surface area contributed by atoms with E-state index in [1.165, 1.54) is 50.3 Å². The number of likely N-dealkylation sites (N-methyl/N-ethyl adjacent to an activating group) is 1. The highest BCUT2D eigenvalue weighted by Crippen LogP contribution is 2.12. The summed E-state index contributed by atoms with van der Waals surface area (Å²) < 4.78 is 0. The van der Waals surface area contributed by atoms with Gasteiger partial charge in [-0.3, -0.25) is 4.90 Å². The Morgan fingerprint density at radius 3 is 2.37 bits per heavy atom. The quantitative estimate of drug-likeness (QED) is 0.794. The lowest BCUT2D eigenvalue weighted by molar-refractivity contribution is 0.148. The van der Waals surface area contributed by atoms with Crippen molar-refractivity contribution in [2.75, 3.05) is 45.1 Å². The third-order valence-corrected chi connectivity index (χ3v) is 3.82. The van der Waals surface area contributed by atoms with Gasteiger partial charge in [0.2, 0.25) is 0 Å². The molecule has 1 N–H and O–H groups in total. The molecule has 1 heterocycles. The van der Waals surface area contributed by atoms with Crippen LogP contribution in [0.1, 0.15) is 25.3 Å². The fraction of sp³-hybridized carbons (Fsp3) is 0.625. The Balaban J connectivity index is 1.78. The molecule has 0 saturated carbocycles. The summed E-state index contributed by atoms with van der Waals surface area (Å²) in [6, 6.07) is 8.93. The second-order valence-electron chi connectivity index (χ2n) is 5.56. The fourth-order valence-electron chi connectivity index (χ4n) is 2.40. The van der Waals surface area contributed by atoms with Crippen LogP contribution in [0.3, 0.4) is 0 Å². The van der Waals surface area contributed by atoms with Crippen LogP contribution in [0.25, 0.3) is 0 Å². The molecule has 1 fully saturated rings. The maximum absolute atomic E-state index is 3.46. The number of nitrogens with zero attached hydrogens (tertiary/aromatic N) is 2. The number of hydrogen-bond acceptors (Lipinski definition) is 3. The topological polar surface area (TPSA) is 18.5 Å². The van der Waals surface area contributed by atoms with Gasteiger partial charge in [0.25, 0.3) is 0 Å². The molecule has 3 heteroatoms. The summed E-state index contributed by atoms with van der Waals surface area (Å²) in [5.74, 6) is 0. The lowest BCUT2D eigenvalue weighted by Crippen LogP contribution is -2.43. The highest BCUT2D eigenvalue weighted by Gasteiger charge is 2.13. The first kappa shape index (κ1) is 14.4. The number of nitrogens with one attached hydrogen (secondary N) is 1. The van der Waals surface area contributed by atoms with E-state index in [-0.39, 0.29) is 0 Å². The van der Waals surface area contributed by atoms with Crippen LogP contribution in [0.15, 0.2) is 24.3 Å². The molecular weight excluding hydrogens is 234 g/mol. The largest absolute Gasteiger partial charge is 0.385 e. The van der Waals surface area contributed by atoms with Crippen molar-refractivity contribution in [2.24, 2.45) is 0 Å². The van der Waals surface area contributed by atoms with Crippen molar-refractivity contribution in [1.29, 1.82) is 0 Å². The van der Waals surface area contributed by atoms with E-state index < -0.39 is 0 Å². The highest BCUT2D eigenvalue weighted by atomic mass is 15.2. The molecule has 2 rings (SSSR count). The van der Waals surface area contributed by atoms with E-state index in [9.17, 15) is 0 Å². The standard InChI is InChI=1S/C16H27N3/c1-3-4-9-17-16-7-5-15(6-8-16)14-19-12-10-18(2)11-13-19/h5-8,17H,3-4,9-14H2,1-2H3. The second kappa shape index (κ2) is 7.51. The molecule has 0 radical (unpaired) electrons. The van der Waals surface area contributed by atoms with Crippen LogP contribution in [0, 0.1) is 0 Å². The fourth-order valence-corrected chi connectivity index (χ4v) is 2.40. The molecule has 1 saturated heterocycles. The van der Waals surface area contributed by atoms with Crippen molar-refractivity contribution in [3.63, 3.8) is 0 Å². The van der Waals surface area contributed by atoms with Gasteiger partial charge in [-0.05, 0) is 31.2 Å². The van der Waals surface area contributed by atoms with Gasteiger partial charge in [0.1, 0.15) is 0 Å². The molecule has 0 unspecified atom stereocenters. The van der Waals surface area contributed by atoms with E-state index in [2.05, 4.69) is 53.4 Å². The van der Waals surface area contributed by atoms with Gasteiger partial charge in [-0.2, -0.15) is 0 Å². The Bertz CT molecular complexity index is 353. The van der Waals surface area contributed by atoms with E-state index in [1.807, 2.05) is 0 Å². The zero-order valence-corrected chi connectivity index (χ0v) is 12.4. The molecule has 0 bridgehead atoms. The van der Waals surface area contributed by atoms with Gasteiger partial charge in [0, 0.05) is 45.0 Å². The molecule has 0 aromatic heterocycles. The molecule has 3 nitrogen and oxygen atoms in total. The third-order valence-electron chi connectivity index (χ3n) is 3.82. The highest BCUT2D eigenvalue weighted by molar-refractivity contribution is 5.44. The Morgan fingerprint density at radius 2 is 1.74 bits per heavy atom. The van der Waals surface area contributed by atoms with E-state index in [0.717, 1.165) is 13.1 Å². The van der Waals surface area contributed by atoms with Gasteiger partial charge in [-0.15, -0.1) is 0 Å². The average molecular weight is 261 g/mol. The predicted molar refractivity (Wildman–Crippen MR) is 82.6 cm³/mol. The predicted octanol–water partition coefficient (Wildman–Crippen LogP) is 2.65. The van der Waals surface area contributed by atoms with Gasteiger partial charge < -0.3 is 10.2 Å². The van der Waals surface area contributed by atoms with Crippen LogP contribution in [0.2, 0.25) is 0 Å². The van der Waals surface area contributed by atoms with Crippen LogP contribution < -0.4 is 5.32 Å². The molecule has 1 aliphatic heterocycles. The Hall–Kier alpha value is -1.06. The molecule has 19 heavy (non-hydrogen) atoms. The minimum Gasteiger partial charge on any atom is -0.385 e. The number of benzene rings is 1. The maximum atomic E-state index is 3.46. The Labute approximate surface area is 117 Å². The van der Waals surface area contributed by atoms with E-state index >= 15 is 0 Å². The van der Waals surface area contributed by atoms with Gasteiger partial charge in [0.15, 0.2) is 0 Å². The Kier molecular flexibility index (Phi) is 5.67. The normalized spacial score (nSPS) is 17.6. The molecule has 106 valence electrons. The van der Waals surface area contributed by atoms with Crippen molar-refractivity contribution in [3.8, 4) is 0 Å². The van der Waals surface area contributed by atoms with Crippen LogP contribution >= 0.6 is 0 Å². The summed E-state index contributed by atoms with van der Waals surface area (Å²) in [6.45, 7) is 9.14. The number of unbranched alkanes of at least 4 members (excludes halogenated alkanes) is 1. The van der Waals surface area contributed by atoms with Crippen LogP contribution in [0.4, 0.5) is 5.69 Å². The lowest BCUT2D eigenvalue weighted by atomic mass is 10.1. The number of hydrogen-bond donors (Lipinski definition) is 1. The molecule has 0 spiro atoms. The van der Waals surface area contributed by atoms with Gasteiger partial charge >= 0.3 is 0 Å². The zero-order chi connectivity index (χ0) is 13.5. The summed E-state index contributed by atoms with van der Waals surface area (Å²) in [7, 11) is 2.20. The van der Waals surface area contributed by atoms with Crippen molar-refractivity contribution in [2.45, 2.75) is 26.3 Å². The van der Waals surface area contributed by atoms with Gasteiger partial charge in [0.05, 0.1) is 0 Å². The van der Waals surface area contributed by atoms with Crippen LogP contribution in [-0.4, -0.2) is 49.6 Å². The van der Waals surface area contributed by atoms with Crippen LogP contribution in [0.5, 0.6) is 0 Å². The summed E-state index contributed by atoms with van der Waals surface area (Å²) in [4.78, 5) is 4.94. The maximum Gasteiger partial charge on any atom is 0.0340 e. The monoisotopic (exact) mass is 261 g/mol. The van der Waals surface area contributed by atoms with E-state index in [4.69, 9.17) is 0 Å². The molecule has 0 amide bonds. The number of anilines is 1. The first-order valence-electron chi connectivity index (χ1n) is 7.51. The van der Waals surface area contributed by atoms with Crippen molar-refractivity contribution in [1.82, 2.24) is 9.80 Å². The van der Waals surface area contributed by atoms with E-state index in [0.29, 0.717) is 0 Å². The second-order valence-corrected chi connectivity index (χ2v) is 5.56. The summed E-state index contributed by atoms with van der Waals surface area (Å²) in [5.41, 5.74) is 2.67. The minimum absolute atomic E-state index is 1.08. The molecule has 1 aromatic rings. The smallest absolute Gasteiger partial charge is 0.0340 e. The zero-order valence-electron chi connectivity index (χ0n) is 12.4. The number of rotatable bonds is 6. The molecular formula is C16H27N3. The average Bonchev–Trinajstić information content (AvgIpc) is 2.44. The molecule has 0 atom stereocenters. The SMILES string of the molecule is CCCCNc1ccc(CN2CCN(C)CC2)cc1. The molecule has 0 aliphatic carbocycles. The summed E-state index contributed by atoms with van der Waals surface area (Å²) in [6.07, 6.45) is 2.48. The first-order valence-corrected chi connectivity index (χ1v) is 7.51. The molecule has 1 aliphatic rings. The van der Waals surface area contributed by atoms with Crippen LogP contribution in [-0.2, 0) is 6.54 Å². The third kappa shape index (κ3) is 4.84. The Morgan fingerprint density at radius 1 is 1.05 bits per heavy atom. The van der Waals surface area contributed by atoms with Crippen molar-refractivity contribution in [3.05, 3.63) is 29.8 Å².